The first-order valence-corrected chi connectivity index (χ1v) is 8.47. The molecular weight excluding hydrogens is 375 g/mol. The van der Waals surface area contributed by atoms with Gasteiger partial charge in [0.05, 0.1) is 21.3 Å². The molecule has 0 saturated heterocycles. The lowest BCUT2D eigenvalue weighted by Crippen LogP contribution is -2.16. The smallest absolute Gasteiger partial charge is 0.266 e. The fourth-order valence-corrected chi connectivity index (χ4v) is 3.90. The summed E-state index contributed by atoms with van der Waals surface area (Å²) >= 11 is 19.6. The SMILES string of the molecule is O=C(NN=Cc1c(Cl)cccc1Cl)c1sc2ccccc2c1Cl. The molecule has 7 heteroatoms. The number of hydrazone groups is 1. The van der Waals surface area contributed by atoms with Crippen LogP contribution in [0.25, 0.3) is 10.1 Å². The van der Waals surface area contributed by atoms with E-state index in [0.717, 1.165) is 10.1 Å². The Morgan fingerprint density at radius 1 is 1.04 bits per heavy atom. The molecule has 116 valence electrons. The van der Waals surface area contributed by atoms with Crippen molar-refractivity contribution in [2.45, 2.75) is 0 Å². The molecule has 3 aromatic rings. The van der Waals surface area contributed by atoms with Crippen LogP contribution < -0.4 is 5.43 Å². The van der Waals surface area contributed by atoms with Crippen LogP contribution in [0.2, 0.25) is 15.1 Å². The number of carbonyl (C=O) groups is 1. The molecule has 0 radical (unpaired) electrons. The number of thiophene rings is 1. The molecule has 0 fully saturated rings. The van der Waals surface area contributed by atoms with Crippen LogP contribution in [0.5, 0.6) is 0 Å². The number of carbonyl (C=O) groups excluding carboxylic acids is 1. The van der Waals surface area contributed by atoms with E-state index in [4.69, 9.17) is 34.8 Å². The number of rotatable bonds is 3. The molecule has 1 N–H and O–H groups in total. The van der Waals surface area contributed by atoms with Gasteiger partial charge >= 0.3 is 0 Å². The van der Waals surface area contributed by atoms with E-state index in [2.05, 4.69) is 10.5 Å². The molecule has 1 heterocycles. The number of benzene rings is 2. The van der Waals surface area contributed by atoms with E-state index < -0.39 is 0 Å². The van der Waals surface area contributed by atoms with Crippen molar-refractivity contribution in [2.24, 2.45) is 5.10 Å². The van der Waals surface area contributed by atoms with Crippen LogP contribution in [0.1, 0.15) is 15.2 Å². The fraction of sp³-hybridized carbons (Fsp3) is 0. The van der Waals surface area contributed by atoms with Crippen LogP contribution in [0.4, 0.5) is 0 Å². The minimum atomic E-state index is -0.379. The highest BCUT2D eigenvalue weighted by Crippen LogP contribution is 2.34. The molecule has 0 unspecified atom stereocenters. The Balaban J connectivity index is 1.81. The van der Waals surface area contributed by atoms with E-state index in [1.165, 1.54) is 17.6 Å². The Morgan fingerprint density at radius 2 is 1.74 bits per heavy atom. The van der Waals surface area contributed by atoms with Crippen LogP contribution in [-0.4, -0.2) is 12.1 Å². The molecule has 2 aromatic carbocycles. The van der Waals surface area contributed by atoms with Gasteiger partial charge in [-0.2, -0.15) is 5.10 Å². The molecule has 0 spiro atoms. The number of hydrogen-bond donors (Lipinski definition) is 1. The van der Waals surface area contributed by atoms with Gasteiger partial charge in [-0.25, -0.2) is 5.43 Å². The second-order valence-corrected chi connectivity index (χ2v) is 6.82. The number of nitrogens with one attached hydrogen (secondary N) is 1. The van der Waals surface area contributed by atoms with Gasteiger partial charge in [-0.3, -0.25) is 4.79 Å². The lowest BCUT2D eigenvalue weighted by molar-refractivity contribution is 0.0959. The summed E-state index contributed by atoms with van der Waals surface area (Å²) in [6, 6.07) is 12.7. The summed E-state index contributed by atoms with van der Waals surface area (Å²) < 4.78 is 0.945. The zero-order valence-electron chi connectivity index (χ0n) is 11.5. The summed E-state index contributed by atoms with van der Waals surface area (Å²) in [4.78, 5) is 12.6. The highest BCUT2D eigenvalue weighted by Gasteiger charge is 2.16. The quantitative estimate of drug-likeness (QED) is 0.462. The maximum absolute atomic E-state index is 12.2. The summed E-state index contributed by atoms with van der Waals surface area (Å²) in [7, 11) is 0. The van der Waals surface area contributed by atoms with Gasteiger partial charge in [0.2, 0.25) is 0 Å². The van der Waals surface area contributed by atoms with Crippen molar-refractivity contribution in [2.75, 3.05) is 0 Å². The Hall–Kier alpha value is -1.59. The van der Waals surface area contributed by atoms with Crippen molar-refractivity contribution < 1.29 is 4.79 Å². The molecule has 1 amide bonds. The van der Waals surface area contributed by atoms with Gasteiger partial charge in [0.25, 0.3) is 5.91 Å². The molecule has 3 rings (SSSR count). The van der Waals surface area contributed by atoms with Gasteiger partial charge in [0.1, 0.15) is 4.88 Å². The predicted octanol–water partition coefficient (Wildman–Crippen LogP) is 5.63. The minimum absolute atomic E-state index is 0.379. The molecule has 1 aromatic heterocycles. The van der Waals surface area contributed by atoms with Crippen molar-refractivity contribution in [3.8, 4) is 0 Å². The monoisotopic (exact) mass is 382 g/mol. The third-order valence-electron chi connectivity index (χ3n) is 3.10. The molecule has 0 atom stereocenters. The normalized spacial score (nSPS) is 11.3. The number of fused-ring (bicyclic) bond motifs is 1. The van der Waals surface area contributed by atoms with Gasteiger partial charge in [0.15, 0.2) is 0 Å². The molecular formula is C16H9Cl3N2OS. The lowest BCUT2D eigenvalue weighted by Gasteiger charge is -2.01. The molecule has 3 nitrogen and oxygen atoms in total. The van der Waals surface area contributed by atoms with Gasteiger partial charge in [-0.05, 0) is 18.2 Å². The van der Waals surface area contributed by atoms with Gasteiger partial charge < -0.3 is 0 Å². The number of hydrogen-bond acceptors (Lipinski definition) is 3. The van der Waals surface area contributed by atoms with E-state index in [-0.39, 0.29) is 5.91 Å². The van der Waals surface area contributed by atoms with Crippen molar-refractivity contribution in [1.82, 2.24) is 5.43 Å². The molecule has 0 aliphatic carbocycles. The Labute approximate surface area is 151 Å². The van der Waals surface area contributed by atoms with E-state index in [1.807, 2.05) is 24.3 Å². The van der Waals surface area contributed by atoms with E-state index >= 15 is 0 Å². The first-order valence-electron chi connectivity index (χ1n) is 6.52. The largest absolute Gasteiger partial charge is 0.283 e. The molecule has 0 aliphatic rings. The summed E-state index contributed by atoms with van der Waals surface area (Å²) in [6.07, 6.45) is 1.41. The van der Waals surface area contributed by atoms with Crippen molar-refractivity contribution in [1.29, 1.82) is 0 Å². The topological polar surface area (TPSA) is 41.5 Å². The fourth-order valence-electron chi connectivity index (χ4n) is 2.00. The predicted molar refractivity (Wildman–Crippen MR) is 98.4 cm³/mol. The highest BCUT2D eigenvalue weighted by molar-refractivity contribution is 7.21. The van der Waals surface area contributed by atoms with Crippen molar-refractivity contribution in [3.05, 3.63) is 68.0 Å². The molecule has 0 aliphatic heterocycles. The van der Waals surface area contributed by atoms with Crippen LogP contribution in [-0.2, 0) is 0 Å². The Morgan fingerprint density at radius 3 is 2.43 bits per heavy atom. The molecule has 0 bridgehead atoms. The van der Waals surface area contributed by atoms with Crippen molar-refractivity contribution in [3.63, 3.8) is 0 Å². The second-order valence-electron chi connectivity index (χ2n) is 4.58. The number of halogens is 3. The lowest BCUT2D eigenvalue weighted by atomic mass is 10.2. The third-order valence-corrected chi connectivity index (χ3v) is 5.43. The van der Waals surface area contributed by atoms with Crippen LogP contribution in [0, 0.1) is 0 Å². The zero-order valence-corrected chi connectivity index (χ0v) is 14.6. The third kappa shape index (κ3) is 3.35. The second kappa shape index (κ2) is 6.89. The van der Waals surface area contributed by atoms with Crippen LogP contribution in [0.15, 0.2) is 47.6 Å². The van der Waals surface area contributed by atoms with Crippen LogP contribution >= 0.6 is 46.1 Å². The zero-order chi connectivity index (χ0) is 16.4. The number of amides is 1. The highest BCUT2D eigenvalue weighted by atomic mass is 35.5. The van der Waals surface area contributed by atoms with Gasteiger partial charge in [-0.1, -0.05) is 59.1 Å². The number of nitrogens with zero attached hydrogens (tertiary/aromatic N) is 1. The molecule has 0 saturated carbocycles. The average Bonchev–Trinajstić information content (AvgIpc) is 2.88. The van der Waals surface area contributed by atoms with E-state index in [1.54, 1.807) is 18.2 Å². The minimum Gasteiger partial charge on any atom is -0.266 e. The van der Waals surface area contributed by atoms with Crippen molar-refractivity contribution >= 4 is 68.3 Å². The first kappa shape index (κ1) is 16.3. The molecule has 23 heavy (non-hydrogen) atoms. The first-order chi connectivity index (χ1) is 11.1. The average molecular weight is 384 g/mol. The summed E-state index contributed by atoms with van der Waals surface area (Å²) in [5, 5.41) is 6.09. The standard InChI is InChI=1S/C16H9Cl3N2OS/c17-11-5-3-6-12(18)10(11)8-20-21-16(22)15-14(19)9-4-1-2-7-13(9)23-15/h1-8H,(H,21,22). The summed E-state index contributed by atoms with van der Waals surface area (Å²) in [5.41, 5.74) is 2.98. The Kier molecular flexibility index (Phi) is 4.87. The van der Waals surface area contributed by atoms with Gasteiger partial charge in [-0.15, -0.1) is 11.3 Å². The van der Waals surface area contributed by atoms with Crippen LogP contribution in [0.3, 0.4) is 0 Å². The Bertz CT molecular complexity index is 901. The maximum atomic E-state index is 12.2. The van der Waals surface area contributed by atoms with E-state index in [9.17, 15) is 4.79 Å². The van der Waals surface area contributed by atoms with E-state index in [0.29, 0.717) is 25.5 Å². The summed E-state index contributed by atoms with van der Waals surface area (Å²) in [5.74, 6) is -0.379. The summed E-state index contributed by atoms with van der Waals surface area (Å²) in [6.45, 7) is 0. The van der Waals surface area contributed by atoms with Gasteiger partial charge in [0, 0.05) is 15.6 Å². The maximum Gasteiger partial charge on any atom is 0.283 e.